The average Bonchev–Trinajstić information content (AvgIpc) is 2.67. The largest absolute Gasteiger partial charge is 0.344 e. The molecule has 0 radical (unpaired) electrons. The van der Waals surface area contributed by atoms with E-state index in [-0.39, 0.29) is 6.61 Å². The number of ether oxygens (including phenoxy) is 2. The SMILES string of the molecule is C[C@@H]1O[C@@H](COS(N)(=O)=O)[C@H](c2ccccc2Cl)O1. The van der Waals surface area contributed by atoms with Gasteiger partial charge in [0.25, 0.3) is 0 Å². The maximum absolute atomic E-state index is 10.8. The fourth-order valence-electron chi connectivity index (χ4n) is 1.91. The Hall–Kier alpha value is -0.700. The molecule has 0 amide bonds. The molecular weight excluding hydrogens is 294 g/mol. The zero-order valence-corrected chi connectivity index (χ0v) is 11.7. The highest BCUT2D eigenvalue weighted by molar-refractivity contribution is 7.84. The second-order valence-electron chi connectivity index (χ2n) is 4.10. The zero-order chi connectivity index (χ0) is 14.0. The number of benzene rings is 1. The van der Waals surface area contributed by atoms with Crippen molar-refractivity contribution in [2.75, 3.05) is 6.61 Å². The van der Waals surface area contributed by atoms with Crippen molar-refractivity contribution in [3.05, 3.63) is 34.9 Å². The number of nitrogens with two attached hydrogens (primary N) is 1. The molecule has 0 saturated carbocycles. The van der Waals surface area contributed by atoms with E-state index in [1.54, 1.807) is 25.1 Å². The Kier molecular flexibility index (Phi) is 4.44. The van der Waals surface area contributed by atoms with Gasteiger partial charge in [-0.25, -0.2) is 5.14 Å². The Morgan fingerprint density at radius 3 is 2.68 bits per heavy atom. The fraction of sp³-hybridized carbons (Fsp3) is 0.455. The molecule has 106 valence electrons. The Labute approximate surface area is 116 Å². The molecular formula is C11H14ClNO5S. The highest BCUT2D eigenvalue weighted by Gasteiger charge is 2.37. The lowest BCUT2D eigenvalue weighted by Gasteiger charge is -2.17. The topological polar surface area (TPSA) is 87.9 Å². The van der Waals surface area contributed by atoms with Gasteiger partial charge in [0.1, 0.15) is 12.2 Å². The van der Waals surface area contributed by atoms with E-state index in [2.05, 4.69) is 4.18 Å². The molecule has 1 saturated heterocycles. The quantitative estimate of drug-likeness (QED) is 0.907. The van der Waals surface area contributed by atoms with E-state index in [1.807, 2.05) is 6.07 Å². The van der Waals surface area contributed by atoms with Crippen molar-refractivity contribution in [1.29, 1.82) is 0 Å². The van der Waals surface area contributed by atoms with E-state index in [0.29, 0.717) is 5.02 Å². The van der Waals surface area contributed by atoms with Crippen LogP contribution in [0.2, 0.25) is 5.02 Å². The summed E-state index contributed by atoms with van der Waals surface area (Å²) in [6.07, 6.45) is -1.56. The van der Waals surface area contributed by atoms with Crippen LogP contribution in [0.3, 0.4) is 0 Å². The van der Waals surface area contributed by atoms with Crippen molar-refractivity contribution in [1.82, 2.24) is 0 Å². The summed E-state index contributed by atoms with van der Waals surface area (Å²) in [5.74, 6) is 0. The lowest BCUT2D eigenvalue weighted by atomic mass is 10.1. The first-order chi connectivity index (χ1) is 8.87. The van der Waals surface area contributed by atoms with Crippen LogP contribution in [-0.4, -0.2) is 27.4 Å². The summed E-state index contributed by atoms with van der Waals surface area (Å²) in [5.41, 5.74) is 0.719. The highest BCUT2D eigenvalue weighted by atomic mass is 35.5. The Balaban J connectivity index is 2.16. The molecule has 3 atom stereocenters. The molecule has 0 spiro atoms. The second-order valence-corrected chi connectivity index (χ2v) is 5.73. The molecule has 6 nitrogen and oxygen atoms in total. The molecule has 1 aromatic rings. The van der Waals surface area contributed by atoms with Crippen molar-refractivity contribution >= 4 is 21.9 Å². The van der Waals surface area contributed by atoms with Gasteiger partial charge in [0, 0.05) is 10.6 Å². The molecule has 0 bridgehead atoms. The molecule has 19 heavy (non-hydrogen) atoms. The number of hydrogen-bond donors (Lipinski definition) is 1. The molecule has 1 aliphatic rings. The smallest absolute Gasteiger partial charge is 0.333 e. The fourth-order valence-corrected chi connectivity index (χ4v) is 2.48. The van der Waals surface area contributed by atoms with E-state index >= 15 is 0 Å². The normalized spacial score (nSPS) is 27.6. The third-order valence-corrected chi connectivity index (χ3v) is 3.46. The summed E-state index contributed by atoms with van der Waals surface area (Å²) < 4.78 is 37.2. The van der Waals surface area contributed by atoms with Gasteiger partial charge in [-0.15, -0.1) is 0 Å². The molecule has 1 fully saturated rings. The first-order valence-corrected chi connectivity index (χ1v) is 7.44. The number of rotatable bonds is 4. The molecule has 0 aromatic heterocycles. The van der Waals surface area contributed by atoms with E-state index in [0.717, 1.165) is 5.56 Å². The molecule has 1 aliphatic heterocycles. The monoisotopic (exact) mass is 307 g/mol. The van der Waals surface area contributed by atoms with E-state index in [4.69, 9.17) is 26.2 Å². The van der Waals surface area contributed by atoms with Crippen molar-refractivity contribution in [3.8, 4) is 0 Å². The van der Waals surface area contributed by atoms with Crippen LogP contribution in [0, 0.1) is 0 Å². The first-order valence-electron chi connectivity index (χ1n) is 5.59. The summed E-state index contributed by atoms with van der Waals surface area (Å²) in [6.45, 7) is 1.49. The minimum Gasteiger partial charge on any atom is -0.344 e. The summed E-state index contributed by atoms with van der Waals surface area (Å²) in [7, 11) is -4.01. The maximum atomic E-state index is 10.8. The van der Waals surface area contributed by atoms with E-state index in [9.17, 15) is 8.42 Å². The predicted molar refractivity (Wildman–Crippen MR) is 68.7 cm³/mol. The summed E-state index contributed by atoms with van der Waals surface area (Å²) in [6, 6.07) is 7.12. The summed E-state index contributed by atoms with van der Waals surface area (Å²) in [5, 5.41) is 5.31. The number of halogens is 1. The highest BCUT2D eigenvalue weighted by Crippen LogP contribution is 2.36. The van der Waals surface area contributed by atoms with Gasteiger partial charge >= 0.3 is 10.3 Å². The maximum Gasteiger partial charge on any atom is 0.333 e. The molecule has 2 rings (SSSR count). The zero-order valence-electron chi connectivity index (χ0n) is 10.2. The molecule has 0 aliphatic carbocycles. The van der Waals surface area contributed by atoms with Gasteiger partial charge in [-0.1, -0.05) is 29.8 Å². The summed E-state index contributed by atoms with van der Waals surface area (Å²) >= 11 is 6.09. The molecule has 0 unspecified atom stereocenters. The molecule has 1 heterocycles. The van der Waals surface area contributed by atoms with Crippen LogP contribution < -0.4 is 5.14 Å². The Morgan fingerprint density at radius 1 is 1.37 bits per heavy atom. The third kappa shape index (κ3) is 3.88. The lowest BCUT2D eigenvalue weighted by molar-refractivity contribution is -0.0549. The first kappa shape index (κ1) is 14.7. The van der Waals surface area contributed by atoms with Gasteiger partial charge in [0.2, 0.25) is 0 Å². The van der Waals surface area contributed by atoms with Crippen molar-refractivity contribution in [2.24, 2.45) is 5.14 Å². The van der Waals surface area contributed by atoms with Crippen LogP contribution >= 0.6 is 11.6 Å². The van der Waals surface area contributed by atoms with E-state index in [1.165, 1.54) is 0 Å². The molecule has 8 heteroatoms. The molecule has 1 aromatic carbocycles. The lowest BCUT2D eigenvalue weighted by Crippen LogP contribution is -2.27. The minimum atomic E-state index is -4.01. The predicted octanol–water partition coefficient (Wildman–Crippen LogP) is 1.36. The van der Waals surface area contributed by atoms with Gasteiger partial charge in [-0.05, 0) is 13.0 Å². The third-order valence-electron chi connectivity index (χ3n) is 2.65. The van der Waals surface area contributed by atoms with Gasteiger partial charge in [0.05, 0.1) is 6.61 Å². The van der Waals surface area contributed by atoms with E-state index < -0.39 is 28.8 Å². The van der Waals surface area contributed by atoms with Crippen molar-refractivity contribution in [2.45, 2.75) is 25.4 Å². The molecule has 2 N–H and O–H groups in total. The van der Waals surface area contributed by atoms with Crippen molar-refractivity contribution < 1.29 is 22.1 Å². The second kappa shape index (κ2) is 5.74. The van der Waals surface area contributed by atoms with Gasteiger partial charge in [0.15, 0.2) is 6.29 Å². The minimum absolute atomic E-state index is 0.223. The number of hydrogen-bond acceptors (Lipinski definition) is 5. The van der Waals surface area contributed by atoms with Crippen LogP contribution in [0.1, 0.15) is 18.6 Å². The van der Waals surface area contributed by atoms with Crippen LogP contribution in [0.25, 0.3) is 0 Å². The van der Waals surface area contributed by atoms with Gasteiger partial charge < -0.3 is 9.47 Å². The Morgan fingerprint density at radius 2 is 2.05 bits per heavy atom. The average molecular weight is 308 g/mol. The van der Waals surface area contributed by atoms with Crippen LogP contribution in [-0.2, 0) is 24.0 Å². The van der Waals surface area contributed by atoms with Gasteiger partial charge in [-0.3, -0.25) is 4.18 Å². The van der Waals surface area contributed by atoms with Crippen molar-refractivity contribution in [3.63, 3.8) is 0 Å². The van der Waals surface area contributed by atoms with Crippen LogP contribution in [0.15, 0.2) is 24.3 Å². The van der Waals surface area contributed by atoms with Crippen LogP contribution in [0.5, 0.6) is 0 Å². The Bertz CT molecular complexity index is 550. The van der Waals surface area contributed by atoms with Gasteiger partial charge in [-0.2, -0.15) is 8.42 Å². The van der Waals surface area contributed by atoms with Crippen LogP contribution in [0.4, 0.5) is 0 Å². The summed E-state index contributed by atoms with van der Waals surface area (Å²) in [4.78, 5) is 0. The standard InChI is InChI=1S/C11H14ClNO5S/c1-7-17-10(6-16-19(13,14)15)11(18-7)8-4-2-3-5-9(8)12/h2-5,7,10-11H,6H2,1H3,(H2,13,14,15)/t7-,10+,11+/m1/s1.